The van der Waals surface area contributed by atoms with Crippen LogP contribution in [0.4, 0.5) is 0 Å². The van der Waals surface area contributed by atoms with E-state index in [0.717, 1.165) is 21.9 Å². The summed E-state index contributed by atoms with van der Waals surface area (Å²) < 4.78 is 16.5. The van der Waals surface area contributed by atoms with E-state index in [1.54, 1.807) is 7.11 Å². The summed E-state index contributed by atoms with van der Waals surface area (Å²) in [6, 6.07) is 18.6. The minimum absolute atomic E-state index is 0.392. The molecule has 146 valence electrons. The van der Waals surface area contributed by atoms with E-state index in [2.05, 4.69) is 0 Å². The highest BCUT2D eigenvalue weighted by Gasteiger charge is 2.21. The quantitative estimate of drug-likeness (QED) is 0.505. The first kappa shape index (κ1) is 19.8. The molecule has 1 aromatic heterocycles. The molecule has 0 radical (unpaired) electrons. The number of hydrogen-bond acceptors (Lipinski definition) is 5. The average molecular weight is 398 g/mol. The highest BCUT2D eigenvalue weighted by Crippen LogP contribution is 2.27. The molecule has 0 aliphatic heterocycles. The Bertz CT molecular complexity index is 874. The maximum absolute atomic E-state index is 11.6. The Morgan fingerprint density at radius 1 is 0.964 bits per heavy atom. The zero-order chi connectivity index (χ0) is 19.8. The second-order valence-corrected chi connectivity index (χ2v) is 7.11. The molecule has 0 saturated carbocycles. The summed E-state index contributed by atoms with van der Waals surface area (Å²) in [7, 11) is 1.62. The van der Waals surface area contributed by atoms with Crippen LogP contribution in [-0.2, 0) is 11.2 Å². The predicted octanol–water partition coefficient (Wildman–Crippen LogP) is 4.63. The molecule has 1 atom stereocenters. The number of ether oxygens (including phenoxy) is 3. The van der Waals surface area contributed by atoms with Gasteiger partial charge in [0.1, 0.15) is 30.5 Å². The molecule has 6 heteroatoms. The Labute approximate surface area is 168 Å². The molecule has 0 amide bonds. The van der Waals surface area contributed by atoms with Gasteiger partial charge in [0.05, 0.1) is 13.0 Å². The van der Waals surface area contributed by atoms with Crippen molar-refractivity contribution in [1.82, 2.24) is 0 Å². The molecule has 3 aromatic rings. The minimum Gasteiger partial charge on any atom is -0.497 e. The van der Waals surface area contributed by atoms with Gasteiger partial charge in [0.2, 0.25) is 0 Å². The third-order valence-corrected chi connectivity index (χ3v) is 5.19. The highest BCUT2D eigenvalue weighted by molar-refractivity contribution is 7.10. The maximum atomic E-state index is 11.6. The van der Waals surface area contributed by atoms with Crippen molar-refractivity contribution in [2.45, 2.75) is 12.3 Å². The van der Waals surface area contributed by atoms with Gasteiger partial charge in [0.25, 0.3) is 0 Å². The zero-order valence-electron chi connectivity index (χ0n) is 15.5. The normalized spacial score (nSPS) is 11.6. The number of rotatable bonds is 10. The molecule has 0 fully saturated rings. The van der Waals surface area contributed by atoms with Gasteiger partial charge in [0, 0.05) is 4.88 Å². The van der Waals surface area contributed by atoms with Gasteiger partial charge in [-0.1, -0.05) is 18.2 Å². The lowest BCUT2D eigenvalue weighted by atomic mass is 9.98. The molecule has 5 nitrogen and oxygen atoms in total. The third-order valence-electron chi connectivity index (χ3n) is 4.20. The minimum atomic E-state index is -0.818. The van der Waals surface area contributed by atoms with Crippen molar-refractivity contribution in [3.63, 3.8) is 0 Å². The van der Waals surface area contributed by atoms with Crippen molar-refractivity contribution in [2.24, 2.45) is 0 Å². The summed E-state index contributed by atoms with van der Waals surface area (Å²) in [5.74, 6) is 0.863. The number of benzene rings is 2. The molecule has 2 aromatic carbocycles. The molecule has 0 spiro atoms. The molecule has 1 unspecified atom stereocenters. The summed E-state index contributed by atoms with van der Waals surface area (Å²) in [6.45, 7) is 0.798. The van der Waals surface area contributed by atoms with Crippen LogP contribution in [0.15, 0.2) is 66.0 Å². The smallest absolute Gasteiger partial charge is 0.312 e. The SMILES string of the molecule is COc1ccc(OCCOc2cccc(CC(C(=O)O)c3cccs3)c2)cc1. The van der Waals surface area contributed by atoms with Crippen LogP contribution < -0.4 is 14.2 Å². The van der Waals surface area contributed by atoms with Crippen molar-refractivity contribution in [2.75, 3.05) is 20.3 Å². The fourth-order valence-corrected chi connectivity index (χ4v) is 3.61. The maximum Gasteiger partial charge on any atom is 0.312 e. The summed E-state index contributed by atoms with van der Waals surface area (Å²) in [5, 5.41) is 11.4. The van der Waals surface area contributed by atoms with Gasteiger partial charge in [-0.2, -0.15) is 0 Å². The summed E-state index contributed by atoms with van der Waals surface area (Å²) in [5.41, 5.74) is 0.925. The van der Waals surface area contributed by atoms with Gasteiger partial charge in [-0.05, 0) is 59.8 Å². The largest absolute Gasteiger partial charge is 0.497 e. The van der Waals surface area contributed by atoms with E-state index in [0.29, 0.717) is 25.4 Å². The van der Waals surface area contributed by atoms with Crippen LogP contribution in [-0.4, -0.2) is 31.4 Å². The Balaban J connectivity index is 1.52. The molecule has 1 heterocycles. The first-order chi connectivity index (χ1) is 13.7. The first-order valence-corrected chi connectivity index (χ1v) is 9.78. The van der Waals surface area contributed by atoms with Gasteiger partial charge >= 0.3 is 5.97 Å². The number of hydrogen-bond donors (Lipinski definition) is 1. The first-order valence-electron chi connectivity index (χ1n) is 8.90. The van der Waals surface area contributed by atoms with E-state index in [4.69, 9.17) is 14.2 Å². The Hall–Kier alpha value is -2.99. The summed E-state index contributed by atoms with van der Waals surface area (Å²) in [6.07, 6.45) is 0.426. The zero-order valence-corrected chi connectivity index (χ0v) is 16.4. The van der Waals surface area contributed by atoms with Gasteiger partial charge in [-0.15, -0.1) is 11.3 Å². The van der Waals surface area contributed by atoms with E-state index in [-0.39, 0.29) is 0 Å². The van der Waals surface area contributed by atoms with Crippen LogP contribution in [0, 0.1) is 0 Å². The average Bonchev–Trinajstić information content (AvgIpc) is 3.24. The van der Waals surface area contributed by atoms with E-state index in [1.807, 2.05) is 66.0 Å². The lowest BCUT2D eigenvalue weighted by Gasteiger charge is -2.13. The second-order valence-electron chi connectivity index (χ2n) is 6.13. The van der Waals surface area contributed by atoms with Crippen LogP contribution in [0.1, 0.15) is 16.4 Å². The lowest BCUT2D eigenvalue weighted by Crippen LogP contribution is -2.13. The fraction of sp³-hybridized carbons (Fsp3) is 0.227. The Morgan fingerprint density at radius 2 is 1.68 bits per heavy atom. The molecule has 0 saturated heterocycles. The van der Waals surface area contributed by atoms with Crippen molar-refractivity contribution in [3.05, 3.63) is 76.5 Å². The lowest BCUT2D eigenvalue weighted by molar-refractivity contribution is -0.138. The summed E-state index contributed by atoms with van der Waals surface area (Å²) >= 11 is 1.46. The van der Waals surface area contributed by atoms with E-state index in [9.17, 15) is 9.90 Å². The van der Waals surface area contributed by atoms with Crippen LogP contribution in [0.5, 0.6) is 17.2 Å². The number of carboxylic acid groups (broad SMARTS) is 1. The molecule has 28 heavy (non-hydrogen) atoms. The molecule has 0 bridgehead atoms. The van der Waals surface area contributed by atoms with Gasteiger partial charge in [-0.25, -0.2) is 0 Å². The second kappa shape index (κ2) is 9.80. The van der Waals surface area contributed by atoms with Crippen molar-refractivity contribution < 1.29 is 24.1 Å². The molecule has 3 rings (SSSR count). The van der Waals surface area contributed by atoms with Gasteiger partial charge < -0.3 is 19.3 Å². The number of carboxylic acids is 1. The number of thiophene rings is 1. The number of aliphatic carboxylic acids is 1. The molecule has 1 N–H and O–H groups in total. The predicted molar refractivity (Wildman–Crippen MR) is 109 cm³/mol. The van der Waals surface area contributed by atoms with Crippen molar-refractivity contribution in [1.29, 1.82) is 0 Å². The van der Waals surface area contributed by atoms with Crippen molar-refractivity contribution >= 4 is 17.3 Å². The molecule has 0 aliphatic rings. The van der Waals surface area contributed by atoms with Crippen LogP contribution >= 0.6 is 11.3 Å². The third kappa shape index (κ3) is 5.50. The van der Waals surface area contributed by atoms with E-state index in [1.165, 1.54) is 11.3 Å². The monoisotopic (exact) mass is 398 g/mol. The van der Waals surface area contributed by atoms with E-state index < -0.39 is 11.9 Å². The topological polar surface area (TPSA) is 65.0 Å². The molecule has 0 aliphatic carbocycles. The van der Waals surface area contributed by atoms with Crippen LogP contribution in [0.2, 0.25) is 0 Å². The summed E-state index contributed by atoms with van der Waals surface area (Å²) in [4.78, 5) is 12.5. The van der Waals surface area contributed by atoms with Gasteiger partial charge in [0.15, 0.2) is 0 Å². The Kier molecular flexibility index (Phi) is 6.92. The van der Waals surface area contributed by atoms with Crippen LogP contribution in [0.25, 0.3) is 0 Å². The Morgan fingerprint density at radius 3 is 2.32 bits per heavy atom. The number of carbonyl (C=O) groups is 1. The molecular formula is C22H22O5S. The standard InChI is InChI=1S/C22H22O5S/c1-25-17-7-9-18(10-8-17)26-11-12-27-19-5-2-4-16(14-19)15-20(22(23)24)21-6-3-13-28-21/h2-10,13-14,20H,11-12,15H2,1H3,(H,23,24). The fourth-order valence-electron chi connectivity index (χ4n) is 2.79. The van der Waals surface area contributed by atoms with Crippen molar-refractivity contribution in [3.8, 4) is 17.2 Å². The van der Waals surface area contributed by atoms with E-state index >= 15 is 0 Å². The van der Waals surface area contributed by atoms with Crippen LogP contribution in [0.3, 0.4) is 0 Å². The van der Waals surface area contributed by atoms with Gasteiger partial charge in [-0.3, -0.25) is 4.79 Å². The molecular weight excluding hydrogens is 376 g/mol. The number of methoxy groups -OCH3 is 1. The highest BCUT2D eigenvalue weighted by atomic mass is 32.1.